The topological polar surface area (TPSA) is 47.3 Å². The molecule has 62 valence electrons. The molecule has 0 heterocycles. The minimum atomic E-state index is 0.151. The fourth-order valence-corrected chi connectivity index (χ4v) is 0.794. The lowest BCUT2D eigenvalue weighted by Gasteiger charge is -2.17. The Morgan fingerprint density at radius 2 is 2.20 bits per heavy atom. The summed E-state index contributed by atoms with van der Waals surface area (Å²) in [6.07, 6.45) is 1.13. The minimum Gasteiger partial charge on any atom is -0.367 e. The zero-order chi connectivity index (χ0) is 7.98. The van der Waals surface area contributed by atoms with Gasteiger partial charge in [0.15, 0.2) is 0 Å². The van der Waals surface area contributed by atoms with Crippen LogP contribution in [0, 0.1) is 5.92 Å². The summed E-state index contributed by atoms with van der Waals surface area (Å²) in [6.45, 7) is 2.84. The molecule has 0 aliphatic heterocycles. The van der Waals surface area contributed by atoms with Crippen molar-refractivity contribution in [3.05, 3.63) is 0 Å². The SMILES string of the molecule is CNC(CC(C)CN)OC. The van der Waals surface area contributed by atoms with Crippen LogP contribution in [0.3, 0.4) is 0 Å². The summed E-state index contributed by atoms with van der Waals surface area (Å²) in [5, 5.41) is 3.04. The first-order valence-corrected chi connectivity index (χ1v) is 3.64. The van der Waals surface area contributed by atoms with E-state index in [-0.39, 0.29) is 6.23 Å². The van der Waals surface area contributed by atoms with E-state index in [1.807, 2.05) is 7.05 Å². The highest BCUT2D eigenvalue weighted by atomic mass is 16.5. The second-order valence-electron chi connectivity index (χ2n) is 2.59. The van der Waals surface area contributed by atoms with E-state index in [2.05, 4.69) is 12.2 Å². The first-order valence-electron chi connectivity index (χ1n) is 3.64. The van der Waals surface area contributed by atoms with Crippen molar-refractivity contribution in [1.82, 2.24) is 5.32 Å². The van der Waals surface area contributed by atoms with Gasteiger partial charge in [-0.25, -0.2) is 0 Å². The van der Waals surface area contributed by atoms with E-state index >= 15 is 0 Å². The van der Waals surface area contributed by atoms with Crippen LogP contribution in [0.25, 0.3) is 0 Å². The average Bonchev–Trinajstić information content (AvgIpc) is 1.99. The molecule has 0 aliphatic carbocycles. The molecule has 0 aliphatic rings. The molecule has 0 fully saturated rings. The highest BCUT2D eigenvalue weighted by molar-refractivity contribution is 4.59. The van der Waals surface area contributed by atoms with Crippen LogP contribution in [0.15, 0.2) is 0 Å². The fraction of sp³-hybridized carbons (Fsp3) is 1.00. The number of hydrogen-bond acceptors (Lipinski definition) is 3. The van der Waals surface area contributed by atoms with Crippen molar-refractivity contribution in [2.75, 3.05) is 20.7 Å². The molecule has 0 amide bonds. The molecule has 10 heavy (non-hydrogen) atoms. The summed E-state index contributed by atoms with van der Waals surface area (Å²) >= 11 is 0. The summed E-state index contributed by atoms with van der Waals surface area (Å²) in [5.74, 6) is 0.525. The van der Waals surface area contributed by atoms with Crippen LogP contribution in [0.5, 0.6) is 0 Å². The Labute approximate surface area is 62.9 Å². The number of nitrogens with one attached hydrogen (secondary N) is 1. The summed E-state index contributed by atoms with van der Waals surface area (Å²) < 4.78 is 5.11. The van der Waals surface area contributed by atoms with Gasteiger partial charge in [-0.15, -0.1) is 0 Å². The molecule has 0 aromatic heterocycles. The predicted octanol–water partition coefficient (Wildman–Crippen LogP) is 0.163. The van der Waals surface area contributed by atoms with E-state index in [0.29, 0.717) is 5.92 Å². The van der Waals surface area contributed by atoms with Gasteiger partial charge in [-0.1, -0.05) is 6.92 Å². The van der Waals surface area contributed by atoms with Gasteiger partial charge >= 0.3 is 0 Å². The van der Waals surface area contributed by atoms with Crippen LogP contribution in [0.1, 0.15) is 13.3 Å². The molecule has 0 aromatic carbocycles. The van der Waals surface area contributed by atoms with Gasteiger partial charge in [0.25, 0.3) is 0 Å². The molecule has 0 saturated heterocycles. The van der Waals surface area contributed by atoms with Gasteiger partial charge in [-0.05, 0) is 25.9 Å². The van der Waals surface area contributed by atoms with E-state index in [4.69, 9.17) is 10.5 Å². The van der Waals surface area contributed by atoms with Crippen LogP contribution in [-0.2, 0) is 4.74 Å². The van der Waals surface area contributed by atoms with Crippen molar-refractivity contribution in [2.45, 2.75) is 19.6 Å². The lowest BCUT2D eigenvalue weighted by atomic mass is 10.1. The van der Waals surface area contributed by atoms with Crippen molar-refractivity contribution in [3.8, 4) is 0 Å². The van der Waals surface area contributed by atoms with E-state index in [9.17, 15) is 0 Å². The molecule has 3 heteroatoms. The molecule has 0 rings (SSSR count). The van der Waals surface area contributed by atoms with E-state index in [1.165, 1.54) is 0 Å². The van der Waals surface area contributed by atoms with Gasteiger partial charge in [0.05, 0.1) is 0 Å². The smallest absolute Gasteiger partial charge is 0.107 e. The average molecular weight is 146 g/mol. The maximum atomic E-state index is 5.45. The summed E-state index contributed by atoms with van der Waals surface area (Å²) in [5.41, 5.74) is 5.45. The van der Waals surface area contributed by atoms with Gasteiger partial charge in [-0.2, -0.15) is 0 Å². The van der Waals surface area contributed by atoms with Crippen molar-refractivity contribution in [3.63, 3.8) is 0 Å². The molecule has 0 spiro atoms. The fourth-order valence-electron chi connectivity index (χ4n) is 0.794. The third-order valence-corrected chi connectivity index (χ3v) is 1.63. The number of methoxy groups -OCH3 is 1. The molecule has 3 N–H and O–H groups in total. The number of rotatable bonds is 5. The standard InChI is InChI=1S/C7H18N2O/c1-6(5-8)4-7(9-2)10-3/h6-7,9H,4-5,8H2,1-3H3. The third kappa shape index (κ3) is 3.82. The molecule has 0 aromatic rings. The molecular formula is C7H18N2O. The Morgan fingerprint density at radius 1 is 1.60 bits per heavy atom. The molecule has 0 saturated carbocycles. The maximum Gasteiger partial charge on any atom is 0.107 e. The van der Waals surface area contributed by atoms with E-state index in [0.717, 1.165) is 13.0 Å². The zero-order valence-corrected chi connectivity index (χ0v) is 7.05. The first kappa shape index (κ1) is 9.88. The maximum absolute atomic E-state index is 5.45. The second-order valence-corrected chi connectivity index (χ2v) is 2.59. The van der Waals surface area contributed by atoms with Crippen LogP contribution < -0.4 is 11.1 Å². The normalized spacial score (nSPS) is 16.8. The lowest BCUT2D eigenvalue weighted by Crippen LogP contribution is -2.30. The molecular weight excluding hydrogens is 128 g/mol. The summed E-state index contributed by atoms with van der Waals surface area (Å²) in [4.78, 5) is 0. The number of hydrogen-bond donors (Lipinski definition) is 2. The number of nitrogens with two attached hydrogens (primary N) is 1. The Bertz CT molecular complexity index is 74.0. The molecule has 0 bridgehead atoms. The van der Waals surface area contributed by atoms with E-state index < -0.39 is 0 Å². The van der Waals surface area contributed by atoms with Gasteiger partial charge in [0.2, 0.25) is 0 Å². The lowest BCUT2D eigenvalue weighted by molar-refractivity contribution is 0.0623. The Hall–Kier alpha value is -0.120. The van der Waals surface area contributed by atoms with Gasteiger partial charge in [-0.3, -0.25) is 5.32 Å². The van der Waals surface area contributed by atoms with Crippen LogP contribution in [0.4, 0.5) is 0 Å². The van der Waals surface area contributed by atoms with E-state index in [1.54, 1.807) is 7.11 Å². The number of ether oxygens (including phenoxy) is 1. The molecule has 3 nitrogen and oxygen atoms in total. The Balaban J connectivity index is 3.41. The highest BCUT2D eigenvalue weighted by Gasteiger charge is 2.07. The largest absolute Gasteiger partial charge is 0.367 e. The quantitative estimate of drug-likeness (QED) is 0.543. The first-order chi connectivity index (χ1) is 4.74. The monoisotopic (exact) mass is 146 g/mol. The minimum absolute atomic E-state index is 0.151. The van der Waals surface area contributed by atoms with Crippen molar-refractivity contribution in [2.24, 2.45) is 11.7 Å². The summed E-state index contributed by atoms with van der Waals surface area (Å²) in [7, 11) is 3.59. The predicted molar refractivity (Wildman–Crippen MR) is 42.7 cm³/mol. The van der Waals surface area contributed by atoms with Crippen molar-refractivity contribution in [1.29, 1.82) is 0 Å². The van der Waals surface area contributed by atoms with Crippen molar-refractivity contribution < 1.29 is 4.74 Å². The third-order valence-electron chi connectivity index (χ3n) is 1.63. The Morgan fingerprint density at radius 3 is 2.50 bits per heavy atom. The molecule has 2 unspecified atom stereocenters. The molecule has 0 radical (unpaired) electrons. The van der Waals surface area contributed by atoms with Gasteiger partial charge in [0.1, 0.15) is 6.23 Å². The zero-order valence-electron chi connectivity index (χ0n) is 7.05. The van der Waals surface area contributed by atoms with Crippen molar-refractivity contribution >= 4 is 0 Å². The molecule has 2 atom stereocenters. The van der Waals surface area contributed by atoms with Crippen LogP contribution in [-0.4, -0.2) is 26.9 Å². The second kappa shape index (κ2) is 5.65. The van der Waals surface area contributed by atoms with Gasteiger partial charge < -0.3 is 10.5 Å². The van der Waals surface area contributed by atoms with Gasteiger partial charge in [0, 0.05) is 7.11 Å². The van der Waals surface area contributed by atoms with Crippen LogP contribution in [0.2, 0.25) is 0 Å². The van der Waals surface area contributed by atoms with Crippen LogP contribution >= 0.6 is 0 Å². The highest BCUT2D eigenvalue weighted by Crippen LogP contribution is 2.03. The Kier molecular flexibility index (Phi) is 5.58. The summed E-state index contributed by atoms with van der Waals surface area (Å²) in [6, 6.07) is 0.